The number of hydrogen-bond donors (Lipinski definition) is 3. The lowest BCUT2D eigenvalue weighted by Gasteiger charge is -2.33. The molecule has 0 radical (unpaired) electrons. The topological polar surface area (TPSA) is 99.4 Å². The molecule has 8 nitrogen and oxygen atoms in total. The number of urea groups is 1. The summed E-state index contributed by atoms with van der Waals surface area (Å²) in [6, 6.07) is 5.33. The molecule has 0 spiro atoms. The van der Waals surface area contributed by atoms with Crippen molar-refractivity contribution in [2.45, 2.75) is 39.5 Å². The summed E-state index contributed by atoms with van der Waals surface area (Å²) in [5, 5.41) is 12.6. The zero-order chi connectivity index (χ0) is 20.8. The van der Waals surface area contributed by atoms with Gasteiger partial charge in [-0.15, -0.1) is 0 Å². The molecule has 1 atom stereocenters. The molecule has 8 heteroatoms. The van der Waals surface area contributed by atoms with Gasteiger partial charge < -0.3 is 20.3 Å². The van der Waals surface area contributed by atoms with E-state index in [1.54, 1.807) is 6.20 Å². The van der Waals surface area contributed by atoms with E-state index in [-0.39, 0.29) is 17.9 Å². The Morgan fingerprint density at radius 2 is 2.17 bits per heavy atom. The maximum atomic E-state index is 13.1. The normalized spacial score (nSPS) is 16.4. The summed E-state index contributed by atoms with van der Waals surface area (Å²) in [7, 11) is 0. The van der Waals surface area contributed by atoms with Gasteiger partial charge in [-0.05, 0) is 51.3 Å². The number of ether oxygens (including phenoxy) is 1. The number of aromatic nitrogens is 2. The number of H-pyrrole nitrogens is 1. The Bertz CT molecular complexity index is 864. The van der Waals surface area contributed by atoms with E-state index >= 15 is 0 Å². The van der Waals surface area contributed by atoms with Crippen molar-refractivity contribution in [2.24, 2.45) is 0 Å². The molecule has 1 aliphatic rings. The summed E-state index contributed by atoms with van der Waals surface area (Å²) >= 11 is 0. The standard InChI is InChI=1S/C21H29N5O3/c1-4-22-21(28)24-17-12-23-25-19(17)16-7-6-10-26(13-16)20(27)15-9-8-14(3)18(11-15)29-5-2/h8-9,11-12,16H,4-7,10,13H2,1-3H3,(H,23,25)(H2,22,24,28)/t16-/m1/s1. The lowest BCUT2D eigenvalue weighted by atomic mass is 9.93. The van der Waals surface area contributed by atoms with Crippen molar-refractivity contribution < 1.29 is 14.3 Å². The molecule has 29 heavy (non-hydrogen) atoms. The van der Waals surface area contributed by atoms with Crippen molar-refractivity contribution in [3.63, 3.8) is 0 Å². The first-order chi connectivity index (χ1) is 14.0. The highest BCUT2D eigenvalue weighted by Crippen LogP contribution is 2.31. The number of amides is 3. The van der Waals surface area contributed by atoms with Crippen molar-refractivity contribution in [1.82, 2.24) is 20.4 Å². The maximum Gasteiger partial charge on any atom is 0.319 e. The fourth-order valence-corrected chi connectivity index (χ4v) is 3.66. The number of piperidine rings is 1. The minimum Gasteiger partial charge on any atom is -0.494 e. The Balaban J connectivity index is 1.73. The molecule has 3 amide bonds. The van der Waals surface area contributed by atoms with Gasteiger partial charge in [0.1, 0.15) is 5.75 Å². The van der Waals surface area contributed by atoms with Gasteiger partial charge in [0.25, 0.3) is 5.91 Å². The van der Waals surface area contributed by atoms with Crippen LogP contribution in [-0.4, -0.2) is 53.3 Å². The molecule has 0 aliphatic carbocycles. The smallest absolute Gasteiger partial charge is 0.319 e. The molecule has 1 saturated heterocycles. The van der Waals surface area contributed by atoms with Gasteiger partial charge in [-0.2, -0.15) is 5.10 Å². The van der Waals surface area contributed by atoms with E-state index in [1.165, 1.54) is 0 Å². The third-order valence-electron chi connectivity index (χ3n) is 5.11. The highest BCUT2D eigenvalue weighted by atomic mass is 16.5. The van der Waals surface area contributed by atoms with Crippen LogP contribution in [0.1, 0.15) is 54.2 Å². The van der Waals surface area contributed by atoms with Crippen molar-refractivity contribution >= 4 is 17.6 Å². The van der Waals surface area contributed by atoms with Gasteiger partial charge in [0.15, 0.2) is 0 Å². The Kier molecular flexibility index (Phi) is 6.74. The predicted molar refractivity (Wildman–Crippen MR) is 112 cm³/mol. The van der Waals surface area contributed by atoms with Gasteiger partial charge in [-0.1, -0.05) is 6.07 Å². The van der Waals surface area contributed by atoms with Gasteiger partial charge in [-0.3, -0.25) is 9.89 Å². The number of likely N-dealkylation sites (tertiary alicyclic amines) is 1. The van der Waals surface area contributed by atoms with Crippen LogP contribution in [0.2, 0.25) is 0 Å². The Morgan fingerprint density at radius 3 is 2.93 bits per heavy atom. The summed E-state index contributed by atoms with van der Waals surface area (Å²) in [5.41, 5.74) is 3.15. The molecule has 1 aromatic heterocycles. The third-order valence-corrected chi connectivity index (χ3v) is 5.11. The van der Waals surface area contributed by atoms with Crippen LogP contribution in [0.25, 0.3) is 0 Å². The van der Waals surface area contributed by atoms with Crippen molar-refractivity contribution in [1.29, 1.82) is 0 Å². The molecule has 1 aliphatic heterocycles. The minimum absolute atomic E-state index is 0.00611. The molecule has 1 fully saturated rings. The molecule has 3 rings (SSSR count). The number of aromatic amines is 1. The second-order valence-corrected chi connectivity index (χ2v) is 7.19. The van der Waals surface area contributed by atoms with Crippen LogP contribution in [0.4, 0.5) is 10.5 Å². The SMILES string of the molecule is CCNC(=O)Nc1cn[nH]c1[C@@H]1CCCN(C(=O)c2ccc(C)c(OCC)c2)C1. The van der Waals surface area contributed by atoms with Crippen LogP contribution in [0.5, 0.6) is 5.75 Å². The van der Waals surface area contributed by atoms with Crippen LogP contribution in [0.15, 0.2) is 24.4 Å². The first-order valence-corrected chi connectivity index (χ1v) is 10.1. The van der Waals surface area contributed by atoms with Gasteiger partial charge in [0.05, 0.1) is 24.2 Å². The number of nitrogens with zero attached hydrogens (tertiary/aromatic N) is 2. The number of carbonyl (C=O) groups excluding carboxylic acids is 2. The molecule has 2 aromatic rings. The monoisotopic (exact) mass is 399 g/mol. The van der Waals surface area contributed by atoms with Gasteiger partial charge >= 0.3 is 6.03 Å². The van der Waals surface area contributed by atoms with E-state index in [9.17, 15) is 9.59 Å². The average molecular weight is 399 g/mol. The molecule has 1 aromatic carbocycles. The molecular formula is C21H29N5O3. The second-order valence-electron chi connectivity index (χ2n) is 7.19. The molecule has 156 valence electrons. The number of nitrogens with one attached hydrogen (secondary N) is 3. The largest absolute Gasteiger partial charge is 0.494 e. The second kappa shape index (κ2) is 9.45. The number of carbonyl (C=O) groups is 2. The quantitative estimate of drug-likeness (QED) is 0.694. The Labute approximate surface area is 171 Å². The highest BCUT2D eigenvalue weighted by Gasteiger charge is 2.28. The number of rotatable bonds is 6. The van der Waals surface area contributed by atoms with Gasteiger partial charge in [0, 0.05) is 31.1 Å². The van der Waals surface area contributed by atoms with E-state index < -0.39 is 0 Å². The van der Waals surface area contributed by atoms with E-state index in [2.05, 4.69) is 20.8 Å². The summed E-state index contributed by atoms with van der Waals surface area (Å²) in [5.74, 6) is 0.825. The zero-order valence-electron chi connectivity index (χ0n) is 17.2. The fraction of sp³-hybridized carbons (Fsp3) is 0.476. The maximum absolute atomic E-state index is 13.1. The lowest BCUT2D eigenvalue weighted by molar-refractivity contribution is 0.0705. The number of benzene rings is 1. The van der Waals surface area contributed by atoms with E-state index in [0.29, 0.717) is 37.5 Å². The van der Waals surface area contributed by atoms with Crippen LogP contribution in [0, 0.1) is 6.92 Å². The molecule has 0 saturated carbocycles. The summed E-state index contributed by atoms with van der Waals surface area (Å²) in [6.45, 7) is 8.15. The van der Waals surface area contributed by atoms with E-state index in [1.807, 2.05) is 43.9 Å². The molecule has 2 heterocycles. The third kappa shape index (κ3) is 4.88. The molecular weight excluding hydrogens is 370 g/mol. The van der Waals surface area contributed by atoms with Crippen LogP contribution < -0.4 is 15.4 Å². The van der Waals surface area contributed by atoms with Crippen LogP contribution >= 0.6 is 0 Å². The summed E-state index contributed by atoms with van der Waals surface area (Å²) < 4.78 is 5.64. The van der Waals surface area contributed by atoms with Crippen LogP contribution in [0.3, 0.4) is 0 Å². The first-order valence-electron chi connectivity index (χ1n) is 10.1. The fourth-order valence-electron chi connectivity index (χ4n) is 3.66. The summed E-state index contributed by atoms with van der Waals surface area (Å²) in [4.78, 5) is 26.8. The molecule has 0 unspecified atom stereocenters. The van der Waals surface area contributed by atoms with Crippen molar-refractivity contribution in [2.75, 3.05) is 31.6 Å². The minimum atomic E-state index is -0.262. The van der Waals surface area contributed by atoms with E-state index in [4.69, 9.17) is 4.74 Å². The zero-order valence-corrected chi connectivity index (χ0v) is 17.2. The average Bonchev–Trinajstić information content (AvgIpc) is 3.17. The Morgan fingerprint density at radius 1 is 1.34 bits per heavy atom. The van der Waals surface area contributed by atoms with Crippen molar-refractivity contribution in [3.05, 3.63) is 41.2 Å². The lowest BCUT2D eigenvalue weighted by Crippen LogP contribution is -2.39. The predicted octanol–water partition coefficient (Wildman–Crippen LogP) is 3.28. The molecule has 3 N–H and O–H groups in total. The van der Waals surface area contributed by atoms with Gasteiger partial charge in [-0.25, -0.2) is 4.79 Å². The number of anilines is 1. The number of aryl methyl sites for hydroxylation is 1. The van der Waals surface area contributed by atoms with E-state index in [0.717, 1.165) is 29.8 Å². The Hall–Kier alpha value is -3.03. The van der Waals surface area contributed by atoms with Gasteiger partial charge in [0.2, 0.25) is 0 Å². The highest BCUT2D eigenvalue weighted by molar-refractivity contribution is 5.95. The first kappa shape index (κ1) is 20.7. The number of hydrogen-bond acceptors (Lipinski definition) is 4. The van der Waals surface area contributed by atoms with Crippen molar-refractivity contribution in [3.8, 4) is 5.75 Å². The van der Waals surface area contributed by atoms with Crippen LogP contribution in [-0.2, 0) is 0 Å². The molecule has 0 bridgehead atoms. The summed E-state index contributed by atoms with van der Waals surface area (Å²) in [6.07, 6.45) is 3.42.